The highest BCUT2D eigenvalue weighted by molar-refractivity contribution is 5.56. The number of hydrogen-bond acceptors (Lipinski definition) is 3. The van der Waals surface area contributed by atoms with Crippen LogP contribution in [0.3, 0.4) is 0 Å². The molecule has 0 unspecified atom stereocenters. The summed E-state index contributed by atoms with van der Waals surface area (Å²) in [6, 6.07) is 6.77. The van der Waals surface area contributed by atoms with Crippen LogP contribution in [0, 0.1) is 17.1 Å². The predicted octanol–water partition coefficient (Wildman–Crippen LogP) is 2.59. The number of rotatable bonds is 5. The molecule has 0 aliphatic carbocycles. The van der Waals surface area contributed by atoms with Crippen LogP contribution >= 0.6 is 0 Å². The summed E-state index contributed by atoms with van der Waals surface area (Å²) in [5, 5.41) is 8.61. The molecule has 0 bridgehead atoms. The lowest BCUT2D eigenvalue weighted by atomic mass is 10.1. The first-order valence-corrected chi connectivity index (χ1v) is 5.77. The fourth-order valence-corrected chi connectivity index (χ4v) is 1.85. The summed E-state index contributed by atoms with van der Waals surface area (Å²) in [6.45, 7) is 4.95. The largest absolute Gasteiger partial charge is 0.368 e. The second kappa shape index (κ2) is 6.21. The zero-order valence-electron chi connectivity index (χ0n) is 10.3. The van der Waals surface area contributed by atoms with Crippen LogP contribution in [-0.2, 0) is 0 Å². The Labute approximate surface area is 102 Å². The Morgan fingerprint density at radius 3 is 2.76 bits per heavy atom. The van der Waals surface area contributed by atoms with E-state index < -0.39 is 0 Å². The van der Waals surface area contributed by atoms with Crippen LogP contribution in [-0.4, -0.2) is 13.1 Å². The number of para-hydroxylation sites is 1. The summed E-state index contributed by atoms with van der Waals surface area (Å²) < 4.78 is 13.9. The minimum Gasteiger partial charge on any atom is -0.368 e. The molecule has 0 saturated heterocycles. The normalized spacial score (nSPS) is 11.9. The molecule has 4 heteroatoms. The molecule has 0 aromatic heterocycles. The van der Waals surface area contributed by atoms with Crippen molar-refractivity contribution < 1.29 is 4.39 Å². The molecule has 0 heterocycles. The van der Waals surface area contributed by atoms with Crippen LogP contribution < -0.4 is 10.6 Å². The van der Waals surface area contributed by atoms with Gasteiger partial charge in [-0.15, -0.1) is 0 Å². The van der Waals surface area contributed by atoms with Gasteiger partial charge in [0.15, 0.2) is 0 Å². The van der Waals surface area contributed by atoms with Gasteiger partial charge < -0.3 is 10.6 Å². The number of nitriles is 1. The van der Waals surface area contributed by atoms with Crippen LogP contribution in [0.1, 0.15) is 31.9 Å². The first-order chi connectivity index (χ1) is 8.11. The minimum atomic E-state index is -0.278. The van der Waals surface area contributed by atoms with E-state index in [0.29, 0.717) is 25.2 Å². The van der Waals surface area contributed by atoms with E-state index in [1.807, 2.05) is 24.8 Å². The number of halogens is 1. The van der Waals surface area contributed by atoms with Crippen molar-refractivity contribution in [2.45, 2.75) is 26.3 Å². The van der Waals surface area contributed by atoms with Gasteiger partial charge in [0, 0.05) is 19.1 Å². The van der Waals surface area contributed by atoms with E-state index in [1.165, 1.54) is 6.07 Å². The van der Waals surface area contributed by atoms with Gasteiger partial charge in [0.2, 0.25) is 0 Å². The van der Waals surface area contributed by atoms with Crippen LogP contribution in [0.5, 0.6) is 0 Å². The number of hydrogen-bond donors (Lipinski definition) is 1. The summed E-state index contributed by atoms with van der Waals surface area (Å²) >= 11 is 0. The summed E-state index contributed by atoms with van der Waals surface area (Å²) in [5.74, 6) is -0.278. The molecule has 1 aromatic rings. The van der Waals surface area contributed by atoms with E-state index in [9.17, 15) is 4.39 Å². The monoisotopic (exact) mass is 235 g/mol. The average Bonchev–Trinajstić information content (AvgIpc) is 2.31. The second-order valence-corrected chi connectivity index (χ2v) is 3.95. The van der Waals surface area contributed by atoms with Crippen LogP contribution in [0.2, 0.25) is 0 Å². The van der Waals surface area contributed by atoms with E-state index >= 15 is 0 Å². The third-order valence-electron chi connectivity index (χ3n) is 2.70. The van der Waals surface area contributed by atoms with Gasteiger partial charge in [0.05, 0.1) is 18.2 Å². The molecule has 92 valence electrons. The highest BCUT2D eigenvalue weighted by Crippen LogP contribution is 2.28. The highest BCUT2D eigenvalue weighted by Gasteiger charge is 2.16. The SMILES string of the molecule is CCN(CCC#N)c1c(F)cccc1[C@H](C)N. The zero-order chi connectivity index (χ0) is 12.8. The summed E-state index contributed by atoms with van der Waals surface area (Å²) in [7, 11) is 0. The summed E-state index contributed by atoms with van der Waals surface area (Å²) in [5.41, 5.74) is 7.16. The van der Waals surface area contributed by atoms with Crippen molar-refractivity contribution in [3.8, 4) is 6.07 Å². The van der Waals surface area contributed by atoms with E-state index in [2.05, 4.69) is 6.07 Å². The quantitative estimate of drug-likeness (QED) is 0.853. The maximum Gasteiger partial charge on any atom is 0.146 e. The predicted molar refractivity (Wildman–Crippen MR) is 67.1 cm³/mol. The van der Waals surface area contributed by atoms with E-state index in [0.717, 1.165) is 5.56 Å². The van der Waals surface area contributed by atoms with Crippen molar-refractivity contribution in [1.82, 2.24) is 0 Å². The molecule has 0 amide bonds. The third-order valence-corrected chi connectivity index (χ3v) is 2.70. The van der Waals surface area contributed by atoms with Gasteiger partial charge in [-0.2, -0.15) is 5.26 Å². The maximum atomic E-state index is 13.9. The smallest absolute Gasteiger partial charge is 0.146 e. The lowest BCUT2D eigenvalue weighted by Crippen LogP contribution is -2.27. The Hall–Kier alpha value is -1.60. The van der Waals surface area contributed by atoms with Gasteiger partial charge in [-0.1, -0.05) is 12.1 Å². The summed E-state index contributed by atoms with van der Waals surface area (Å²) in [6.07, 6.45) is 0.376. The molecule has 0 aliphatic rings. The Morgan fingerprint density at radius 1 is 1.53 bits per heavy atom. The van der Waals surface area contributed by atoms with Gasteiger partial charge >= 0.3 is 0 Å². The lowest BCUT2D eigenvalue weighted by Gasteiger charge is -2.26. The zero-order valence-corrected chi connectivity index (χ0v) is 10.3. The van der Waals surface area contributed by atoms with Crippen LogP contribution in [0.4, 0.5) is 10.1 Å². The first kappa shape index (κ1) is 13.5. The Morgan fingerprint density at radius 2 is 2.24 bits per heavy atom. The number of anilines is 1. The van der Waals surface area contributed by atoms with Crippen LogP contribution in [0.25, 0.3) is 0 Å². The molecule has 17 heavy (non-hydrogen) atoms. The van der Waals surface area contributed by atoms with Gasteiger partial charge in [-0.25, -0.2) is 4.39 Å². The molecule has 0 saturated carbocycles. The van der Waals surface area contributed by atoms with Crippen molar-refractivity contribution >= 4 is 5.69 Å². The second-order valence-electron chi connectivity index (χ2n) is 3.95. The highest BCUT2D eigenvalue weighted by atomic mass is 19.1. The van der Waals surface area contributed by atoms with E-state index in [1.54, 1.807) is 6.07 Å². The molecule has 0 fully saturated rings. The van der Waals surface area contributed by atoms with Crippen molar-refractivity contribution in [2.24, 2.45) is 5.73 Å². The molecule has 1 rings (SSSR count). The number of nitrogens with zero attached hydrogens (tertiary/aromatic N) is 2. The lowest BCUT2D eigenvalue weighted by molar-refractivity contribution is 0.612. The first-order valence-electron chi connectivity index (χ1n) is 5.77. The van der Waals surface area contributed by atoms with Crippen molar-refractivity contribution in [3.05, 3.63) is 29.6 Å². The van der Waals surface area contributed by atoms with Gasteiger partial charge in [-0.3, -0.25) is 0 Å². The summed E-state index contributed by atoms with van der Waals surface area (Å²) in [4.78, 5) is 1.86. The van der Waals surface area contributed by atoms with Gasteiger partial charge in [0.25, 0.3) is 0 Å². The minimum absolute atomic E-state index is 0.225. The molecule has 2 N–H and O–H groups in total. The topological polar surface area (TPSA) is 53.0 Å². The molecule has 0 spiro atoms. The third kappa shape index (κ3) is 3.18. The Balaban J connectivity index is 3.12. The van der Waals surface area contributed by atoms with E-state index in [4.69, 9.17) is 11.0 Å². The van der Waals surface area contributed by atoms with Gasteiger partial charge in [-0.05, 0) is 25.5 Å². The van der Waals surface area contributed by atoms with Crippen molar-refractivity contribution in [1.29, 1.82) is 5.26 Å². The fourth-order valence-electron chi connectivity index (χ4n) is 1.85. The van der Waals surface area contributed by atoms with Crippen molar-refractivity contribution in [2.75, 3.05) is 18.0 Å². The average molecular weight is 235 g/mol. The molecule has 1 atom stereocenters. The molecular weight excluding hydrogens is 217 g/mol. The molecular formula is C13H18FN3. The van der Waals surface area contributed by atoms with E-state index in [-0.39, 0.29) is 11.9 Å². The maximum absolute atomic E-state index is 13.9. The van der Waals surface area contributed by atoms with Gasteiger partial charge in [0.1, 0.15) is 5.82 Å². The molecule has 1 aromatic carbocycles. The number of benzene rings is 1. The number of nitrogens with two attached hydrogens (primary N) is 1. The Bertz CT molecular complexity index is 410. The molecule has 0 radical (unpaired) electrons. The molecule has 0 aliphatic heterocycles. The standard InChI is InChI=1S/C13H18FN3/c1-3-17(9-5-8-15)13-11(10(2)16)6-4-7-12(13)14/h4,6-7,10H,3,5,9,16H2,1-2H3/t10-/m0/s1. The Kier molecular flexibility index (Phi) is 4.92. The van der Waals surface area contributed by atoms with Crippen molar-refractivity contribution in [3.63, 3.8) is 0 Å². The van der Waals surface area contributed by atoms with Crippen LogP contribution in [0.15, 0.2) is 18.2 Å². The molecule has 3 nitrogen and oxygen atoms in total. The fraction of sp³-hybridized carbons (Fsp3) is 0.462.